The molecule has 0 radical (unpaired) electrons. The van der Waals surface area contributed by atoms with Crippen LogP contribution < -0.4 is 15.2 Å². The van der Waals surface area contributed by atoms with Crippen molar-refractivity contribution in [3.63, 3.8) is 0 Å². The summed E-state index contributed by atoms with van der Waals surface area (Å²) >= 11 is 3.42. The Morgan fingerprint density at radius 2 is 2.00 bits per heavy atom. The third-order valence-corrected chi connectivity index (χ3v) is 3.21. The molecule has 0 amide bonds. The molecule has 0 aliphatic rings. The maximum atomic E-state index is 6.13. The van der Waals surface area contributed by atoms with Gasteiger partial charge >= 0.3 is 0 Å². The highest BCUT2D eigenvalue weighted by Crippen LogP contribution is 2.36. The van der Waals surface area contributed by atoms with Crippen molar-refractivity contribution in [2.24, 2.45) is 5.73 Å². The number of methoxy groups -OCH3 is 2. The van der Waals surface area contributed by atoms with E-state index in [9.17, 15) is 0 Å². The SMILES string of the molecule is C=CCC[C@@H](N)c1cc(OC)c(Br)cc1OC. The van der Waals surface area contributed by atoms with E-state index in [-0.39, 0.29) is 6.04 Å². The summed E-state index contributed by atoms with van der Waals surface area (Å²) in [6, 6.07) is 3.71. The van der Waals surface area contributed by atoms with Crippen LogP contribution in [0.1, 0.15) is 24.4 Å². The van der Waals surface area contributed by atoms with Gasteiger partial charge in [0.15, 0.2) is 0 Å². The van der Waals surface area contributed by atoms with Gasteiger partial charge in [-0.1, -0.05) is 6.08 Å². The molecule has 3 nitrogen and oxygen atoms in total. The van der Waals surface area contributed by atoms with Crippen LogP contribution >= 0.6 is 15.9 Å². The monoisotopic (exact) mass is 299 g/mol. The average Bonchev–Trinajstić information content (AvgIpc) is 2.35. The van der Waals surface area contributed by atoms with Gasteiger partial charge in [0.2, 0.25) is 0 Å². The van der Waals surface area contributed by atoms with Gasteiger partial charge in [0, 0.05) is 11.6 Å². The van der Waals surface area contributed by atoms with Crippen LogP contribution in [0.5, 0.6) is 11.5 Å². The number of ether oxygens (including phenoxy) is 2. The van der Waals surface area contributed by atoms with Crippen molar-refractivity contribution in [2.75, 3.05) is 14.2 Å². The summed E-state index contributed by atoms with van der Waals surface area (Å²) in [5.41, 5.74) is 7.09. The first-order valence-electron chi connectivity index (χ1n) is 5.42. The Labute approximate surface area is 111 Å². The number of nitrogens with two attached hydrogens (primary N) is 1. The Kier molecular flexibility index (Phi) is 5.51. The Balaban J connectivity index is 3.06. The molecule has 94 valence electrons. The Bertz CT molecular complexity index is 393. The number of rotatable bonds is 6. The molecular formula is C13H18BrNO2. The highest BCUT2D eigenvalue weighted by atomic mass is 79.9. The summed E-state index contributed by atoms with van der Waals surface area (Å²) in [6.07, 6.45) is 3.58. The van der Waals surface area contributed by atoms with E-state index in [1.807, 2.05) is 18.2 Å². The summed E-state index contributed by atoms with van der Waals surface area (Å²) in [6.45, 7) is 3.70. The van der Waals surface area contributed by atoms with Crippen molar-refractivity contribution in [1.29, 1.82) is 0 Å². The number of hydrogen-bond donors (Lipinski definition) is 1. The first-order valence-corrected chi connectivity index (χ1v) is 6.21. The smallest absolute Gasteiger partial charge is 0.133 e. The van der Waals surface area contributed by atoms with Gasteiger partial charge in [0.25, 0.3) is 0 Å². The maximum Gasteiger partial charge on any atom is 0.133 e. The Hall–Kier alpha value is -1.00. The van der Waals surface area contributed by atoms with Crippen LogP contribution in [0.2, 0.25) is 0 Å². The van der Waals surface area contributed by atoms with Crippen molar-refractivity contribution in [3.8, 4) is 11.5 Å². The summed E-state index contributed by atoms with van der Waals surface area (Å²) in [4.78, 5) is 0. The minimum atomic E-state index is -0.0788. The molecule has 0 aliphatic carbocycles. The normalized spacial score (nSPS) is 12.0. The standard InChI is InChI=1S/C13H18BrNO2/c1-4-5-6-11(15)9-7-13(17-3)10(14)8-12(9)16-2/h4,7-8,11H,1,5-6,15H2,2-3H3/t11-/m1/s1. The highest BCUT2D eigenvalue weighted by molar-refractivity contribution is 9.10. The molecule has 4 heteroatoms. The molecule has 1 aromatic carbocycles. The van der Waals surface area contributed by atoms with Crippen LogP contribution in [0.15, 0.2) is 29.3 Å². The molecule has 0 heterocycles. The first kappa shape index (κ1) is 14.1. The fourth-order valence-corrected chi connectivity index (χ4v) is 2.11. The van der Waals surface area contributed by atoms with Crippen molar-refractivity contribution in [1.82, 2.24) is 0 Å². The zero-order chi connectivity index (χ0) is 12.8. The van der Waals surface area contributed by atoms with Crippen LogP contribution in [-0.4, -0.2) is 14.2 Å². The van der Waals surface area contributed by atoms with Crippen LogP contribution in [0.4, 0.5) is 0 Å². The zero-order valence-corrected chi connectivity index (χ0v) is 11.8. The number of allylic oxidation sites excluding steroid dienone is 1. The zero-order valence-electron chi connectivity index (χ0n) is 10.2. The van der Waals surface area contributed by atoms with Gasteiger partial charge in [-0.25, -0.2) is 0 Å². The van der Waals surface area contributed by atoms with E-state index in [4.69, 9.17) is 15.2 Å². The van der Waals surface area contributed by atoms with E-state index < -0.39 is 0 Å². The van der Waals surface area contributed by atoms with Gasteiger partial charge in [-0.05, 0) is 40.9 Å². The summed E-state index contributed by atoms with van der Waals surface area (Å²) in [7, 11) is 3.27. The van der Waals surface area contributed by atoms with Gasteiger partial charge in [-0.15, -0.1) is 6.58 Å². The lowest BCUT2D eigenvalue weighted by Crippen LogP contribution is -2.11. The lowest BCUT2D eigenvalue weighted by molar-refractivity contribution is 0.392. The van der Waals surface area contributed by atoms with E-state index in [1.54, 1.807) is 14.2 Å². The second-order valence-electron chi connectivity index (χ2n) is 3.70. The largest absolute Gasteiger partial charge is 0.496 e. The Morgan fingerprint density at radius 1 is 1.35 bits per heavy atom. The molecule has 1 rings (SSSR count). The fourth-order valence-electron chi connectivity index (χ4n) is 1.63. The molecular weight excluding hydrogens is 282 g/mol. The molecule has 2 N–H and O–H groups in total. The van der Waals surface area contributed by atoms with Gasteiger partial charge in [-0.2, -0.15) is 0 Å². The second-order valence-corrected chi connectivity index (χ2v) is 4.56. The summed E-state index contributed by atoms with van der Waals surface area (Å²) < 4.78 is 11.5. The molecule has 0 saturated heterocycles. The fraction of sp³-hybridized carbons (Fsp3) is 0.385. The number of benzene rings is 1. The summed E-state index contributed by atoms with van der Waals surface area (Å²) in [5.74, 6) is 1.53. The predicted octanol–water partition coefficient (Wildman–Crippen LogP) is 3.43. The van der Waals surface area contributed by atoms with E-state index >= 15 is 0 Å². The second kappa shape index (κ2) is 6.67. The molecule has 0 unspecified atom stereocenters. The molecule has 1 atom stereocenters. The van der Waals surface area contributed by atoms with Gasteiger partial charge in [-0.3, -0.25) is 0 Å². The number of halogens is 1. The molecule has 0 fully saturated rings. The van der Waals surface area contributed by atoms with Crippen molar-refractivity contribution < 1.29 is 9.47 Å². The maximum absolute atomic E-state index is 6.13. The molecule has 0 saturated carbocycles. The minimum absolute atomic E-state index is 0.0788. The number of hydrogen-bond acceptors (Lipinski definition) is 3. The van der Waals surface area contributed by atoms with Crippen molar-refractivity contribution in [3.05, 3.63) is 34.8 Å². The van der Waals surface area contributed by atoms with Gasteiger partial charge in [0.05, 0.1) is 18.7 Å². The average molecular weight is 300 g/mol. The van der Waals surface area contributed by atoms with Crippen LogP contribution in [-0.2, 0) is 0 Å². The van der Waals surface area contributed by atoms with E-state index in [0.29, 0.717) is 0 Å². The molecule has 0 aliphatic heterocycles. The minimum Gasteiger partial charge on any atom is -0.496 e. The third kappa shape index (κ3) is 3.48. The predicted molar refractivity (Wildman–Crippen MR) is 73.6 cm³/mol. The first-order chi connectivity index (χ1) is 8.13. The van der Waals surface area contributed by atoms with Crippen molar-refractivity contribution >= 4 is 15.9 Å². The molecule has 0 bridgehead atoms. The lowest BCUT2D eigenvalue weighted by atomic mass is 10.0. The lowest BCUT2D eigenvalue weighted by Gasteiger charge is -2.17. The van der Waals surface area contributed by atoms with Crippen LogP contribution in [0.25, 0.3) is 0 Å². The summed E-state index contributed by atoms with van der Waals surface area (Å²) in [5, 5.41) is 0. The van der Waals surface area contributed by atoms with E-state index in [0.717, 1.165) is 34.4 Å². The third-order valence-electron chi connectivity index (χ3n) is 2.59. The van der Waals surface area contributed by atoms with Gasteiger partial charge < -0.3 is 15.2 Å². The molecule has 0 spiro atoms. The molecule has 0 aromatic heterocycles. The molecule has 17 heavy (non-hydrogen) atoms. The topological polar surface area (TPSA) is 44.5 Å². The van der Waals surface area contributed by atoms with Gasteiger partial charge in [0.1, 0.15) is 11.5 Å². The highest BCUT2D eigenvalue weighted by Gasteiger charge is 2.15. The van der Waals surface area contributed by atoms with Crippen LogP contribution in [0.3, 0.4) is 0 Å². The van der Waals surface area contributed by atoms with E-state index in [2.05, 4.69) is 22.5 Å². The van der Waals surface area contributed by atoms with Crippen molar-refractivity contribution in [2.45, 2.75) is 18.9 Å². The van der Waals surface area contributed by atoms with Crippen LogP contribution in [0, 0.1) is 0 Å². The Morgan fingerprint density at radius 3 is 2.53 bits per heavy atom. The van der Waals surface area contributed by atoms with E-state index in [1.165, 1.54) is 0 Å². The molecule has 1 aromatic rings. The quantitative estimate of drug-likeness (QED) is 0.819.